The lowest BCUT2D eigenvalue weighted by molar-refractivity contribution is -0.113. The first-order valence-electron chi connectivity index (χ1n) is 10.7. The number of thiazole rings is 1. The Balaban J connectivity index is 1.31. The maximum Gasteiger partial charge on any atom is 0.236 e. The van der Waals surface area contributed by atoms with E-state index in [1.165, 1.54) is 23.1 Å². The summed E-state index contributed by atoms with van der Waals surface area (Å²) in [5.41, 5.74) is 2.95. The first-order valence-corrected chi connectivity index (χ1v) is 12.6. The summed E-state index contributed by atoms with van der Waals surface area (Å²) >= 11 is 2.71. The molecule has 0 saturated heterocycles. The van der Waals surface area contributed by atoms with Gasteiger partial charge in [0.15, 0.2) is 27.6 Å². The van der Waals surface area contributed by atoms with Gasteiger partial charge in [-0.1, -0.05) is 48.2 Å². The average Bonchev–Trinajstić information content (AvgIpc) is 3.44. The first kappa shape index (κ1) is 23.8. The van der Waals surface area contributed by atoms with Crippen molar-refractivity contribution in [3.8, 4) is 22.8 Å². The molecule has 0 atom stereocenters. The number of anilines is 1. The Labute approximate surface area is 206 Å². The molecule has 2 aromatic heterocycles. The van der Waals surface area contributed by atoms with Crippen LogP contribution in [0.2, 0.25) is 0 Å². The molecule has 8 nitrogen and oxygen atoms in total. The normalized spacial score (nSPS) is 10.8. The van der Waals surface area contributed by atoms with Gasteiger partial charge in [0, 0.05) is 18.0 Å². The van der Waals surface area contributed by atoms with Crippen molar-refractivity contribution in [2.75, 3.05) is 17.7 Å². The van der Waals surface area contributed by atoms with Crippen molar-refractivity contribution in [3.05, 3.63) is 65.3 Å². The molecule has 1 amide bonds. The zero-order chi connectivity index (χ0) is 23.9. The lowest BCUT2D eigenvalue weighted by atomic mass is 10.2. The summed E-state index contributed by atoms with van der Waals surface area (Å²) in [5, 5.41) is 14.4. The minimum Gasteiger partial charge on any atom is -0.490 e. The highest BCUT2D eigenvalue weighted by Crippen LogP contribution is 2.29. The maximum absolute atomic E-state index is 12.4. The topological polar surface area (TPSA) is 91.2 Å². The van der Waals surface area contributed by atoms with E-state index in [0.29, 0.717) is 34.2 Å². The van der Waals surface area contributed by atoms with Crippen LogP contribution in [0.5, 0.6) is 11.5 Å². The minimum absolute atomic E-state index is 0.152. The molecule has 176 valence electrons. The summed E-state index contributed by atoms with van der Waals surface area (Å²) in [6.07, 6.45) is 0. The largest absolute Gasteiger partial charge is 0.490 e. The standard InChI is InChI=1S/C24H25N5O3S2/c1-4-31-20-12-16(2)10-11-19(20)32-13-21-27-28-24(29(21)3)34-15-22(30)26-23-25-18(14-33-23)17-8-6-5-7-9-17/h5-12,14H,4,13,15H2,1-3H3,(H,25,26,30). The third-order valence-corrected chi connectivity index (χ3v) is 6.61. The molecule has 2 aromatic carbocycles. The summed E-state index contributed by atoms with van der Waals surface area (Å²) in [6.45, 7) is 4.73. The van der Waals surface area contributed by atoms with Crippen LogP contribution in [0, 0.1) is 6.92 Å². The number of thioether (sulfide) groups is 1. The van der Waals surface area contributed by atoms with Crippen molar-refractivity contribution < 1.29 is 14.3 Å². The van der Waals surface area contributed by atoms with E-state index >= 15 is 0 Å². The van der Waals surface area contributed by atoms with Crippen molar-refractivity contribution in [3.63, 3.8) is 0 Å². The summed E-state index contributed by atoms with van der Waals surface area (Å²) in [6, 6.07) is 15.7. The SMILES string of the molecule is CCOc1cc(C)ccc1OCc1nnc(SCC(=O)Nc2nc(-c3ccccc3)cs2)n1C. The van der Waals surface area contributed by atoms with E-state index in [0.717, 1.165) is 16.8 Å². The molecule has 0 unspecified atom stereocenters. The number of hydrogen-bond acceptors (Lipinski definition) is 8. The number of carbonyl (C=O) groups excluding carboxylic acids is 1. The van der Waals surface area contributed by atoms with Crippen molar-refractivity contribution in [1.82, 2.24) is 19.7 Å². The minimum atomic E-state index is -0.152. The van der Waals surface area contributed by atoms with Gasteiger partial charge in [0.25, 0.3) is 0 Å². The van der Waals surface area contributed by atoms with Gasteiger partial charge < -0.3 is 19.4 Å². The van der Waals surface area contributed by atoms with Crippen LogP contribution in [-0.4, -0.2) is 38.0 Å². The number of rotatable bonds is 10. The van der Waals surface area contributed by atoms with Crippen LogP contribution in [0.4, 0.5) is 5.13 Å². The lowest BCUT2D eigenvalue weighted by Gasteiger charge is -2.12. The Kier molecular flexibility index (Phi) is 7.81. The number of hydrogen-bond donors (Lipinski definition) is 1. The van der Waals surface area contributed by atoms with E-state index in [2.05, 4.69) is 20.5 Å². The number of nitrogens with zero attached hydrogens (tertiary/aromatic N) is 4. The fourth-order valence-electron chi connectivity index (χ4n) is 3.10. The molecular formula is C24H25N5O3S2. The van der Waals surface area contributed by atoms with Gasteiger partial charge in [-0.3, -0.25) is 4.79 Å². The zero-order valence-corrected chi connectivity index (χ0v) is 20.8. The summed E-state index contributed by atoms with van der Waals surface area (Å²) in [4.78, 5) is 16.9. The second-order valence-electron chi connectivity index (χ2n) is 7.37. The number of amides is 1. The van der Waals surface area contributed by atoms with E-state index in [-0.39, 0.29) is 18.3 Å². The molecule has 0 aliphatic heterocycles. The highest BCUT2D eigenvalue weighted by atomic mass is 32.2. The highest BCUT2D eigenvalue weighted by Gasteiger charge is 2.14. The molecule has 4 aromatic rings. The van der Waals surface area contributed by atoms with Gasteiger partial charge in [0.05, 0.1) is 18.1 Å². The Morgan fingerprint density at radius 3 is 2.74 bits per heavy atom. The van der Waals surface area contributed by atoms with Gasteiger partial charge in [-0.15, -0.1) is 21.5 Å². The molecule has 34 heavy (non-hydrogen) atoms. The molecule has 0 spiro atoms. The van der Waals surface area contributed by atoms with Gasteiger partial charge in [-0.25, -0.2) is 4.98 Å². The first-order chi connectivity index (χ1) is 16.5. The molecule has 0 aliphatic carbocycles. The van der Waals surface area contributed by atoms with Crippen molar-refractivity contribution in [1.29, 1.82) is 0 Å². The number of aryl methyl sites for hydroxylation is 1. The highest BCUT2D eigenvalue weighted by molar-refractivity contribution is 7.99. The number of aromatic nitrogens is 4. The molecular weight excluding hydrogens is 470 g/mol. The second kappa shape index (κ2) is 11.2. The monoisotopic (exact) mass is 495 g/mol. The van der Waals surface area contributed by atoms with Gasteiger partial charge in [-0.05, 0) is 31.5 Å². The molecule has 0 radical (unpaired) electrons. The Morgan fingerprint density at radius 2 is 1.94 bits per heavy atom. The van der Waals surface area contributed by atoms with Crippen LogP contribution in [0.1, 0.15) is 18.3 Å². The number of benzene rings is 2. The fraction of sp³-hybridized carbons (Fsp3) is 0.250. The number of ether oxygens (including phenoxy) is 2. The number of nitrogens with one attached hydrogen (secondary N) is 1. The predicted molar refractivity (Wildman–Crippen MR) is 135 cm³/mol. The van der Waals surface area contributed by atoms with Gasteiger partial charge in [0.2, 0.25) is 5.91 Å². The number of carbonyl (C=O) groups is 1. The Bertz CT molecular complexity index is 1260. The smallest absolute Gasteiger partial charge is 0.236 e. The third kappa shape index (κ3) is 5.95. The van der Waals surface area contributed by atoms with Crippen molar-refractivity contribution >= 4 is 34.1 Å². The molecule has 2 heterocycles. The summed E-state index contributed by atoms with van der Waals surface area (Å²) in [7, 11) is 1.85. The Morgan fingerprint density at radius 1 is 1.12 bits per heavy atom. The molecule has 4 rings (SSSR count). The second-order valence-corrected chi connectivity index (χ2v) is 9.17. The lowest BCUT2D eigenvalue weighted by Crippen LogP contribution is -2.14. The van der Waals surface area contributed by atoms with Gasteiger partial charge in [-0.2, -0.15) is 0 Å². The van der Waals surface area contributed by atoms with Crippen LogP contribution in [-0.2, 0) is 18.4 Å². The molecule has 1 N–H and O–H groups in total. The maximum atomic E-state index is 12.4. The fourth-order valence-corrected chi connectivity index (χ4v) is 4.57. The van der Waals surface area contributed by atoms with Crippen LogP contribution in [0.25, 0.3) is 11.3 Å². The van der Waals surface area contributed by atoms with E-state index in [1.54, 1.807) is 0 Å². The summed E-state index contributed by atoms with van der Waals surface area (Å²) < 4.78 is 13.4. The van der Waals surface area contributed by atoms with Gasteiger partial charge >= 0.3 is 0 Å². The van der Waals surface area contributed by atoms with E-state index in [9.17, 15) is 4.79 Å². The van der Waals surface area contributed by atoms with Crippen LogP contribution in [0.3, 0.4) is 0 Å². The Hall–Kier alpha value is -3.37. The summed E-state index contributed by atoms with van der Waals surface area (Å²) in [5.74, 6) is 2.05. The van der Waals surface area contributed by atoms with Crippen molar-refractivity contribution in [2.45, 2.75) is 25.6 Å². The van der Waals surface area contributed by atoms with E-state index in [4.69, 9.17) is 9.47 Å². The molecule has 0 saturated carbocycles. The predicted octanol–water partition coefficient (Wildman–Crippen LogP) is 4.96. The van der Waals surface area contributed by atoms with Crippen molar-refractivity contribution in [2.24, 2.45) is 7.05 Å². The molecule has 0 bridgehead atoms. The van der Waals surface area contributed by atoms with E-state index < -0.39 is 0 Å². The molecule has 0 aliphatic rings. The van der Waals surface area contributed by atoms with Gasteiger partial charge in [0.1, 0.15) is 6.61 Å². The van der Waals surface area contributed by atoms with Crippen LogP contribution < -0.4 is 14.8 Å². The quantitative estimate of drug-likeness (QED) is 0.311. The van der Waals surface area contributed by atoms with Crippen LogP contribution in [0.15, 0.2) is 59.1 Å². The third-order valence-electron chi connectivity index (χ3n) is 4.83. The molecule has 0 fully saturated rings. The van der Waals surface area contributed by atoms with Crippen LogP contribution >= 0.6 is 23.1 Å². The van der Waals surface area contributed by atoms with E-state index in [1.807, 2.05) is 79.4 Å². The average molecular weight is 496 g/mol. The zero-order valence-electron chi connectivity index (χ0n) is 19.1. The molecule has 10 heteroatoms.